The van der Waals surface area contributed by atoms with Crippen LogP contribution in [0.2, 0.25) is 0 Å². The third-order valence-corrected chi connectivity index (χ3v) is 2.86. The molecule has 68 valence electrons. The van der Waals surface area contributed by atoms with Gasteiger partial charge in [0.2, 0.25) is 0 Å². The van der Waals surface area contributed by atoms with Crippen molar-refractivity contribution in [3.05, 3.63) is 23.6 Å². The lowest BCUT2D eigenvalue weighted by atomic mass is 10.2. The van der Waals surface area contributed by atoms with E-state index < -0.39 is 0 Å². The van der Waals surface area contributed by atoms with E-state index in [-0.39, 0.29) is 5.78 Å². The SMILES string of the molecule is CC(=O)CCc1ncn2ccsc12. The number of aryl methyl sites for hydroxylation is 1. The fourth-order valence-corrected chi connectivity index (χ4v) is 2.09. The number of hydrogen-bond acceptors (Lipinski definition) is 3. The maximum absolute atomic E-state index is 10.8. The van der Waals surface area contributed by atoms with Gasteiger partial charge >= 0.3 is 0 Å². The summed E-state index contributed by atoms with van der Waals surface area (Å²) in [4.78, 5) is 16.2. The molecule has 0 aliphatic heterocycles. The van der Waals surface area contributed by atoms with Crippen LogP contribution in [0, 0.1) is 0 Å². The van der Waals surface area contributed by atoms with Crippen LogP contribution in [-0.4, -0.2) is 15.2 Å². The van der Waals surface area contributed by atoms with Crippen molar-refractivity contribution < 1.29 is 4.79 Å². The summed E-state index contributed by atoms with van der Waals surface area (Å²) in [5.74, 6) is 0.220. The number of carbonyl (C=O) groups is 1. The second kappa shape index (κ2) is 3.30. The summed E-state index contributed by atoms with van der Waals surface area (Å²) in [5, 5.41) is 2.02. The molecule has 0 saturated heterocycles. The second-order valence-electron chi connectivity index (χ2n) is 3.01. The number of aromatic nitrogens is 2. The van der Waals surface area contributed by atoms with Crippen molar-refractivity contribution in [1.29, 1.82) is 0 Å². The molecular formula is C9H10N2OS. The van der Waals surface area contributed by atoms with Crippen molar-refractivity contribution in [1.82, 2.24) is 9.38 Å². The predicted octanol–water partition coefficient (Wildman–Crippen LogP) is 1.92. The largest absolute Gasteiger partial charge is 0.300 e. The number of thiazole rings is 1. The maximum atomic E-state index is 10.8. The van der Waals surface area contributed by atoms with Crippen LogP contribution in [0.1, 0.15) is 19.0 Å². The Hall–Kier alpha value is -1.16. The van der Waals surface area contributed by atoms with Gasteiger partial charge < -0.3 is 4.79 Å². The van der Waals surface area contributed by atoms with Gasteiger partial charge in [0.1, 0.15) is 16.9 Å². The normalized spacial score (nSPS) is 10.8. The van der Waals surface area contributed by atoms with Gasteiger partial charge in [-0.25, -0.2) is 4.98 Å². The topological polar surface area (TPSA) is 34.4 Å². The number of nitrogens with zero attached hydrogens (tertiary/aromatic N) is 2. The summed E-state index contributed by atoms with van der Waals surface area (Å²) < 4.78 is 1.99. The summed E-state index contributed by atoms with van der Waals surface area (Å²) in [6.45, 7) is 1.61. The van der Waals surface area contributed by atoms with Crippen LogP contribution in [0.5, 0.6) is 0 Å². The van der Waals surface area contributed by atoms with E-state index in [0.29, 0.717) is 6.42 Å². The molecule has 0 N–H and O–H groups in total. The van der Waals surface area contributed by atoms with Crippen LogP contribution in [0.25, 0.3) is 4.83 Å². The van der Waals surface area contributed by atoms with Crippen LogP contribution < -0.4 is 0 Å². The lowest BCUT2D eigenvalue weighted by Gasteiger charge is -1.91. The first-order valence-corrected chi connectivity index (χ1v) is 5.04. The lowest BCUT2D eigenvalue weighted by Crippen LogP contribution is -1.93. The van der Waals surface area contributed by atoms with Gasteiger partial charge in [0.15, 0.2) is 0 Å². The number of ketones is 1. The maximum Gasteiger partial charge on any atom is 0.130 e. The van der Waals surface area contributed by atoms with Crippen molar-refractivity contribution in [3.63, 3.8) is 0 Å². The van der Waals surface area contributed by atoms with Gasteiger partial charge in [-0.2, -0.15) is 0 Å². The molecule has 0 saturated carbocycles. The molecule has 13 heavy (non-hydrogen) atoms. The van der Waals surface area contributed by atoms with Crippen molar-refractivity contribution in [2.45, 2.75) is 19.8 Å². The molecule has 0 atom stereocenters. The van der Waals surface area contributed by atoms with Gasteiger partial charge in [-0.15, -0.1) is 11.3 Å². The average molecular weight is 194 g/mol. The number of hydrogen-bond donors (Lipinski definition) is 0. The van der Waals surface area contributed by atoms with Crippen LogP contribution in [-0.2, 0) is 11.2 Å². The molecule has 3 nitrogen and oxygen atoms in total. The number of rotatable bonds is 3. The van der Waals surface area contributed by atoms with Crippen LogP contribution in [0.4, 0.5) is 0 Å². The zero-order valence-corrected chi connectivity index (χ0v) is 8.17. The Morgan fingerprint density at radius 3 is 3.31 bits per heavy atom. The van der Waals surface area contributed by atoms with E-state index >= 15 is 0 Å². The van der Waals surface area contributed by atoms with Gasteiger partial charge in [0, 0.05) is 18.0 Å². The summed E-state index contributed by atoms with van der Waals surface area (Å²) >= 11 is 1.66. The Kier molecular flexibility index (Phi) is 2.14. The van der Waals surface area contributed by atoms with E-state index in [1.807, 2.05) is 16.0 Å². The zero-order chi connectivity index (χ0) is 9.26. The Balaban J connectivity index is 2.23. The molecule has 0 spiro atoms. The smallest absolute Gasteiger partial charge is 0.130 e. The van der Waals surface area contributed by atoms with Crippen LogP contribution in [0.15, 0.2) is 17.9 Å². The Morgan fingerprint density at radius 2 is 2.54 bits per heavy atom. The highest BCUT2D eigenvalue weighted by Gasteiger charge is 2.05. The summed E-state index contributed by atoms with van der Waals surface area (Å²) in [6.07, 6.45) is 5.11. The molecule has 0 fully saturated rings. The monoisotopic (exact) mass is 194 g/mol. The molecule has 4 heteroatoms. The summed E-state index contributed by atoms with van der Waals surface area (Å²) in [5.41, 5.74) is 1.03. The summed E-state index contributed by atoms with van der Waals surface area (Å²) in [7, 11) is 0. The van der Waals surface area contributed by atoms with Gasteiger partial charge in [-0.3, -0.25) is 4.40 Å². The fourth-order valence-electron chi connectivity index (χ4n) is 1.25. The molecule has 2 aromatic rings. The molecule has 0 amide bonds. The molecule has 0 unspecified atom stereocenters. The minimum atomic E-state index is 0.220. The van der Waals surface area contributed by atoms with E-state index in [2.05, 4.69) is 4.98 Å². The molecule has 0 aliphatic rings. The number of carbonyl (C=O) groups excluding carboxylic acids is 1. The minimum Gasteiger partial charge on any atom is -0.300 e. The van der Waals surface area contributed by atoms with E-state index in [1.165, 1.54) is 0 Å². The standard InChI is InChI=1S/C9H10N2OS/c1-7(12)2-3-8-9-11(6-10-8)4-5-13-9/h4-6H,2-3H2,1H3. The first kappa shape index (κ1) is 8.44. The minimum absolute atomic E-state index is 0.220. The van der Waals surface area contributed by atoms with E-state index in [0.717, 1.165) is 16.9 Å². The quantitative estimate of drug-likeness (QED) is 0.748. The van der Waals surface area contributed by atoms with Gasteiger partial charge in [0.05, 0.1) is 5.69 Å². The van der Waals surface area contributed by atoms with Gasteiger partial charge in [0.25, 0.3) is 0 Å². The van der Waals surface area contributed by atoms with Crippen LogP contribution in [0.3, 0.4) is 0 Å². The highest BCUT2D eigenvalue weighted by molar-refractivity contribution is 7.15. The van der Waals surface area contributed by atoms with Crippen LogP contribution >= 0.6 is 11.3 Å². The van der Waals surface area contributed by atoms with Crippen molar-refractivity contribution >= 4 is 22.0 Å². The molecule has 0 aliphatic carbocycles. The molecule has 2 rings (SSSR count). The molecule has 0 aromatic carbocycles. The molecule has 0 bridgehead atoms. The first-order valence-electron chi connectivity index (χ1n) is 4.16. The third kappa shape index (κ3) is 1.62. The highest BCUT2D eigenvalue weighted by Crippen LogP contribution is 2.17. The van der Waals surface area contributed by atoms with Crippen molar-refractivity contribution in [2.24, 2.45) is 0 Å². The number of imidazole rings is 1. The van der Waals surface area contributed by atoms with E-state index in [1.54, 1.807) is 24.6 Å². The number of fused-ring (bicyclic) bond motifs is 1. The molecular weight excluding hydrogens is 184 g/mol. The van der Waals surface area contributed by atoms with Crippen molar-refractivity contribution in [2.75, 3.05) is 0 Å². The fraction of sp³-hybridized carbons (Fsp3) is 0.333. The first-order chi connectivity index (χ1) is 6.27. The molecule has 2 aromatic heterocycles. The lowest BCUT2D eigenvalue weighted by molar-refractivity contribution is -0.116. The zero-order valence-electron chi connectivity index (χ0n) is 7.36. The number of Topliss-reactive ketones (excluding diaryl/α,β-unsaturated/α-hetero) is 1. The molecule has 2 heterocycles. The third-order valence-electron chi connectivity index (χ3n) is 1.93. The van der Waals surface area contributed by atoms with Gasteiger partial charge in [-0.1, -0.05) is 0 Å². The second-order valence-corrected chi connectivity index (χ2v) is 3.90. The Labute approximate surface area is 80.0 Å². The Bertz CT molecular complexity index is 429. The predicted molar refractivity (Wildman–Crippen MR) is 52.1 cm³/mol. The van der Waals surface area contributed by atoms with E-state index in [9.17, 15) is 4.79 Å². The molecule has 0 radical (unpaired) electrons. The Morgan fingerprint density at radius 1 is 1.69 bits per heavy atom. The van der Waals surface area contributed by atoms with Gasteiger partial charge in [-0.05, 0) is 13.3 Å². The van der Waals surface area contributed by atoms with Crippen molar-refractivity contribution in [3.8, 4) is 0 Å². The highest BCUT2D eigenvalue weighted by atomic mass is 32.1. The average Bonchev–Trinajstić information content (AvgIpc) is 2.60. The van der Waals surface area contributed by atoms with E-state index in [4.69, 9.17) is 0 Å². The summed E-state index contributed by atoms with van der Waals surface area (Å²) in [6, 6.07) is 0.